The Morgan fingerprint density at radius 1 is 1.21 bits per heavy atom. The van der Waals surface area contributed by atoms with Gasteiger partial charge in [-0.1, -0.05) is 12.1 Å². The monoisotopic (exact) mass is 332 g/mol. The van der Waals surface area contributed by atoms with Crippen LogP contribution in [0.3, 0.4) is 0 Å². The van der Waals surface area contributed by atoms with Crippen LogP contribution in [-0.4, -0.2) is 47.3 Å². The number of fused-ring (bicyclic) bond motifs is 1. The molecule has 1 aromatic rings. The van der Waals surface area contributed by atoms with Gasteiger partial charge in [0, 0.05) is 13.0 Å². The first-order valence-electron chi connectivity index (χ1n) is 7.62. The molecule has 0 spiro atoms. The lowest BCUT2D eigenvalue weighted by molar-refractivity contribution is -0.108. The Morgan fingerprint density at radius 3 is 2.21 bits per heavy atom. The second-order valence-electron chi connectivity index (χ2n) is 6.46. The summed E-state index contributed by atoms with van der Waals surface area (Å²) >= 11 is 0. The van der Waals surface area contributed by atoms with Gasteiger partial charge in [-0.2, -0.15) is 0 Å². The van der Waals surface area contributed by atoms with Gasteiger partial charge in [0.25, 0.3) is 11.8 Å². The molecular formula is C17H20N2O5. The van der Waals surface area contributed by atoms with Gasteiger partial charge in [-0.25, -0.2) is 4.79 Å². The number of ether oxygens (including phenoxy) is 1. The SMILES string of the molecule is CC(C)(C)OC(=O)NCC(CC=O)N1C(=O)c2ccccc2C1=O. The third kappa shape index (κ3) is 3.79. The highest BCUT2D eigenvalue weighted by Gasteiger charge is 2.39. The van der Waals surface area contributed by atoms with Crippen molar-refractivity contribution in [1.82, 2.24) is 10.2 Å². The number of nitrogens with zero attached hydrogens (tertiary/aromatic N) is 1. The number of benzene rings is 1. The van der Waals surface area contributed by atoms with Crippen molar-refractivity contribution in [3.05, 3.63) is 35.4 Å². The Labute approximate surface area is 140 Å². The molecule has 3 amide bonds. The van der Waals surface area contributed by atoms with Crippen molar-refractivity contribution in [3.8, 4) is 0 Å². The molecule has 0 fully saturated rings. The molecule has 1 aliphatic rings. The zero-order valence-corrected chi connectivity index (χ0v) is 13.9. The fraction of sp³-hybridized carbons (Fsp3) is 0.412. The maximum atomic E-state index is 12.4. The summed E-state index contributed by atoms with van der Waals surface area (Å²) in [6, 6.07) is 5.70. The lowest BCUT2D eigenvalue weighted by Gasteiger charge is -2.26. The van der Waals surface area contributed by atoms with Crippen LogP contribution in [0.25, 0.3) is 0 Å². The van der Waals surface area contributed by atoms with Crippen LogP contribution in [0.2, 0.25) is 0 Å². The van der Waals surface area contributed by atoms with Crippen molar-refractivity contribution in [3.63, 3.8) is 0 Å². The Morgan fingerprint density at radius 2 is 1.75 bits per heavy atom. The maximum Gasteiger partial charge on any atom is 0.407 e. The molecule has 128 valence electrons. The van der Waals surface area contributed by atoms with Gasteiger partial charge in [0.15, 0.2) is 0 Å². The number of carbonyl (C=O) groups excluding carboxylic acids is 4. The molecule has 24 heavy (non-hydrogen) atoms. The average Bonchev–Trinajstić information content (AvgIpc) is 2.74. The number of aldehydes is 1. The number of rotatable bonds is 5. The van der Waals surface area contributed by atoms with E-state index in [-0.39, 0.29) is 13.0 Å². The van der Waals surface area contributed by atoms with Crippen molar-refractivity contribution in [2.45, 2.75) is 38.8 Å². The van der Waals surface area contributed by atoms with Gasteiger partial charge in [0.05, 0.1) is 17.2 Å². The Bertz CT molecular complexity index is 643. The van der Waals surface area contributed by atoms with Crippen molar-refractivity contribution in [2.24, 2.45) is 0 Å². The average molecular weight is 332 g/mol. The fourth-order valence-electron chi connectivity index (χ4n) is 2.45. The highest BCUT2D eigenvalue weighted by molar-refractivity contribution is 6.21. The molecular weight excluding hydrogens is 312 g/mol. The molecule has 0 aromatic heterocycles. The summed E-state index contributed by atoms with van der Waals surface area (Å²) < 4.78 is 5.12. The molecule has 0 saturated carbocycles. The number of amides is 3. The molecule has 1 heterocycles. The van der Waals surface area contributed by atoms with E-state index >= 15 is 0 Å². The van der Waals surface area contributed by atoms with Crippen LogP contribution in [0.15, 0.2) is 24.3 Å². The van der Waals surface area contributed by atoms with E-state index in [4.69, 9.17) is 4.74 Å². The summed E-state index contributed by atoms with van der Waals surface area (Å²) in [5.41, 5.74) is -0.0638. The summed E-state index contributed by atoms with van der Waals surface area (Å²) in [5, 5.41) is 2.50. The number of hydrogen-bond donors (Lipinski definition) is 1. The lowest BCUT2D eigenvalue weighted by atomic mass is 10.1. The standard InChI is InChI=1S/C17H20N2O5/c1-17(2,3)24-16(23)18-10-11(8-9-20)19-14(21)12-6-4-5-7-13(12)15(19)22/h4-7,9,11H,8,10H2,1-3H3,(H,18,23). The summed E-state index contributed by atoms with van der Waals surface area (Å²) in [5.74, 6) is -0.929. The largest absolute Gasteiger partial charge is 0.444 e. The first-order chi connectivity index (χ1) is 11.2. The summed E-state index contributed by atoms with van der Waals surface area (Å²) in [6.07, 6.45) is -0.123. The molecule has 1 aromatic carbocycles. The summed E-state index contributed by atoms with van der Waals surface area (Å²) in [6.45, 7) is 5.11. The minimum Gasteiger partial charge on any atom is -0.444 e. The summed E-state index contributed by atoms with van der Waals surface area (Å²) in [4.78, 5) is 48.6. The number of nitrogens with one attached hydrogen (secondary N) is 1. The van der Waals surface area contributed by atoms with Gasteiger partial charge in [-0.05, 0) is 32.9 Å². The first kappa shape index (κ1) is 17.7. The van der Waals surface area contributed by atoms with Crippen molar-refractivity contribution >= 4 is 24.2 Å². The lowest BCUT2D eigenvalue weighted by Crippen LogP contribution is -2.47. The number of imide groups is 1. The summed E-state index contributed by atoms with van der Waals surface area (Å²) in [7, 11) is 0. The number of alkyl carbamates (subject to hydrolysis) is 1. The Kier molecular flexibility index (Phi) is 5.02. The van der Waals surface area contributed by atoms with E-state index in [0.717, 1.165) is 4.90 Å². The molecule has 0 saturated heterocycles. The van der Waals surface area contributed by atoms with Crippen LogP contribution in [0.4, 0.5) is 4.79 Å². The van der Waals surface area contributed by atoms with Gasteiger partial charge in [0.1, 0.15) is 11.9 Å². The Hall–Kier alpha value is -2.70. The molecule has 0 radical (unpaired) electrons. The molecule has 2 rings (SSSR count). The molecule has 1 unspecified atom stereocenters. The highest BCUT2D eigenvalue weighted by Crippen LogP contribution is 2.25. The molecule has 7 heteroatoms. The van der Waals surface area contributed by atoms with Crippen LogP contribution in [-0.2, 0) is 9.53 Å². The van der Waals surface area contributed by atoms with Gasteiger partial charge in [0.2, 0.25) is 0 Å². The smallest absolute Gasteiger partial charge is 0.407 e. The molecule has 1 N–H and O–H groups in total. The van der Waals surface area contributed by atoms with Crippen LogP contribution in [0, 0.1) is 0 Å². The Balaban J connectivity index is 2.11. The van der Waals surface area contributed by atoms with Crippen molar-refractivity contribution in [2.75, 3.05) is 6.54 Å². The van der Waals surface area contributed by atoms with E-state index in [0.29, 0.717) is 17.4 Å². The van der Waals surface area contributed by atoms with Gasteiger partial charge in [-0.15, -0.1) is 0 Å². The molecule has 0 aliphatic carbocycles. The van der Waals surface area contributed by atoms with E-state index in [9.17, 15) is 19.2 Å². The predicted octanol–water partition coefficient (Wildman–Crippen LogP) is 1.76. The molecule has 1 aliphatic heterocycles. The van der Waals surface area contributed by atoms with E-state index < -0.39 is 29.6 Å². The second-order valence-corrected chi connectivity index (χ2v) is 6.46. The number of hydrogen-bond acceptors (Lipinski definition) is 5. The van der Waals surface area contributed by atoms with Crippen LogP contribution < -0.4 is 5.32 Å². The second kappa shape index (κ2) is 6.82. The molecule has 0 bridgehead atoms. The number of carbonyl (C=O) groups is 4. The highest BCUT2D eigenvalue weighted by atomic mass is 16.6. The third-order valence-electron chi connectivity index (χ3n) is 3.44. The van der Waals surface area contributed by atoms with Gasteiger partial charge in [-0.3, -0.25) is 14.5 Å². The van der Waals surface area contributed by atoms with E-state index in [2.05, 4.69) is 5.32 Å². The minimum atomic E-state index is -0.762. The van der Waals surface area contributed by atoms with Crippen molar-refractivity contribution in [1.29, 1.82) is 0 Å². The zero-order valence-electron chi connectivity index (χ0n) is 13.9. The van der Waals surface area contributed by atoms with E-state index in [1.165, 1.54) is 0 Å². The normalized spacial score (nSPS) is 15.0. The maximum absolute atomic E-state index is 12.4. The topological polar surface area (TPSA) is 92.8 Å². The predicted molar refractivity (Wildman–Crippen MR) is 85.6 cm³/mol. The van der Waals surface area contributed by atoms with Crippen molar-refractivity contribution < 1.29 is 23.9 Å². The molecule has 1 atom stereocenters. The van der Waals surface area contributed by atoms with E-state index in [1.54, 1.807) is 45.0 Å². The first-order valence-corrected chi connectivity index (χ1v) is 7.62. The van der Waals surface area contributed by atoms with Crippen LogP contribution in [0.5, 0.6) is 0 Å². The van der Waals surface area contributed by atoms with Crippen LogP contribution in [0.1, 0.15) is 47.9 Å². The van der Waals surface area contributed by atoms with Gasteiger partial charge < -0.3 is 14.8 Å². The molecule has 7 nitrogen and oxygen atoms in total. The van der Waals surface area contributed by atoms with Gasteiger partial charge >= 0.3 is 6.09 Å². The third-order valence-corrected chi connectivity index (χ3v) is 3.44. The fourth-order valence-corrected chi connectivity index (χ4v) is 2.45. The minimum absolute atomic E-state index is 0.0564. The van der Waals surface area contributed by atoms with Crippen LogP contribution >= 0.6 is 0 Å². The van der Waals surface area contributed by atoms with E-state index in [1.807, 2.05) is 0 Å². The zero-order chi connectivity index (χ0) is 17.9. The quantitative estimate of drug-likeness (QED) is 0.655.